The molecule has 0 unspecified atom stereocenters. The van der Waals surface area contributed by atoms with Gasteiger partial charge in [-0.05, 0) is 46.4 Å². The van der Waals surface area contributed by atoms with Gasteiger partial charge in [0.05, 0.1) is 33.0 Å². The molecule has 1 heterocycles. The van der Waals surface area contributed by atoms with Crippen molar-refractivity contribution in [2.75, 3.05) is 46.2 Å². The van der Waals surface area contributed by atoms with E-state index in [4.69, 9.17) is 38.6 Å². The number of hydrogen-bond donors (Lipinski definition) is 0. The van der Waals surface area contributed by atoms with Gasteiger partial charge in [0.25, 0.3) is 0 Å². The van der Waals surface area contributed by atoms with Gasteiger partial charge >= 0.3 is 10.6 Å². The summed E-state index contributed by atoms with van der Waals surface area (Å²) in [5.74, 6) is 0.0177. The molecule has 0 aromatic carbocycles. The van der Waals surface area contributed by atoms with Gasteiger partial charge in [0.1, 0.15) is 11.2 Å². The van der Waals surface area contributed by atoms with Gasteiger partial charge in [-0.15, -0.1) is 12.6 Å². The van der Waals surface area contributed by atoms with Crippen LogP contribution in [0.3, 0.4) is 0 Å². The van der Waals surface area contributed by atoms with Crippen molar-refractivity contribution in [2.24, 2.45) is 0 Å². The third-order valence-electron chi connectivity index (χ3n) is 3.81. The summed E-state index contributed by atoms with van der Waals surface area (Å²) in [5.41, 5.74) is -1.23. The van der Waals surface area contributed by atoms with Crippen molar-refractivity contribution >= 4 is 28.3 Å². The lowest BCUT2D eigenvalue weighted by atomic mass is 10.1. The molecular formula is C15H29ClN2O7S. The number of nitrogens with zero attached hydrogens (tertiary/aromatic N) is 2. The van der Waals surface area contributed by atoms with Crippen molar-refractivity contribution in [3.63, 3.8) is 0 Å². The predicted molar refractivity (Wildman–Crippen MR) is 95.4 cm³/mol. The van der Waals surface area contributed by atoms with E-state index in [0.29, 0.717) is 46.2 Å². The molecule has 0 spiro atoms. The minimum atomic E-state index is -3.11. The molecule has 1 aliphatic rings. The van der Waals surface area contributed by atoms with Crippen molar-refractivity contribution in [1.29, 1.82) is 0 Å². The second-order valence-corrected chi connectivity index (χ2v) is 7.16. The summed E-state index contributed by atoms with van der Waals surface area (Å²) in [5, 5.41) is 0. The average molecular weight is 417 g/mol. The van der Waals surface area contributed by atoms with E-state index >= 15 is 0 Å². The summed E-state index contributed by atoms with van der Waals surface area (Å²) < 4.78 is 43.0. The summed E-state index contributed by atoms with van der Waals surface area (Å²) in [6, 6.07) is 0. The van der Waals surface area contributed by atoms with Crippen molar-refractivity contribution in [3.05, 3.63) is 0 Å². The smallest absolute Gasteiger partial charge is 0.379 e. The molecule has 0 radical (unpaired) electrons. The second kappa shape index (κ2) is 11.8. The minimum absolute atomic E-state index is 0.0177. The van der Waals surface area contributed by atoms with Gasteiger partial charge in [-0.1, -0.05) is 0 Å². The summed E-state index contributed by atoms with van der Waals surface area (Å²) in [6.45, 7) is 13.4. The maximum absolute atomic E-state index is 12.4. The third-order valence-corrected chi connectivity index (χ3v) is 4.64. The van der Waals surface area contributed by atoms with Gasteiger partial charge < -0.3 is 19.1 Å². The van der Waals surface area contributed by atoms with Gasteiger partial charge in [0, 0.05) is 13.2 Å². The molecule has 0 bridgehead atoms. The maximum atomic E-state index is 12.4. The van der Waals surface area contributed by atoms with Crippen molar-refractivity contribution in [2.45, 2.75) is 45.8 Å². The summed E-state index contributed by atoms with van der Waals surface area (Å²) in [6.07, 6.45) is 0. The minimum Gasteiger partial charge on any atom is -0.379 e. The molecule has 1 aliphatic heterocycles. The molecule has 11 heteroatoms. The number of rotatable bonds is 10. The van der Waals surface area contributed by atoms with Crippen LogP contribution in [0.1, 0.15) is 34.6 Å². The monoisotopic (exact) mass is 416 g/mol. The van der Waals surface area contributed by atoms with Crippen LogP contribution in [0.2, 0.25) is 0 Å². The fraction of sp³-hybridized carbons (Fsp3) is 0.933. The standard InChI is InChI=1S/C15H29ClN2O4.O3S/c1-6-20-9-10-22-12-11-21-8-7-17-13(19)14(2,3)18(16)15(17,4)5;1-4(2)3/h6-12H2,1-5H3;. The van der Waals surface area contributed by atoms with Crippen molar-refractivity contribution < 1.29 is 31.6 Å². The highest BCUT2D eigenvalue weighted by Gasteiger charge is 2.55. The quantitative estimate of drug-likeness (QED) is 0.381. The summed E-state index contributed by atoms with van der Waals surface area (Å²) in [7, 11) is -3.11. The Morgan fingerprint density at radius 2 is 1.35 bits per heavy atom. The van der Waals surface area contributed by atoms with E-state index in [2.05, 4.69) is 0 Å². The van der Waals surface area contributed by atoms with Gasteiger partial charge in [-0.2, -0.15) is 4.42 Å². The molecular weight excluding hydrogens is 388 g/mol. The normalized spacial score (nSPS) is 18.5. The van der Waals surface area contributed by atoms with Crippen molar-refractivity contribution in [3.8, 4) is 0 Å². The lowest BCUT2D eigenvalue weighted by Crippen LogP contribution is -2.47. The fourth-order valence-corrected chi connectivity index (χ4v) is 2.73. The second-order valence-electron chi connectivity index (χ2n) is 6.42. The van der Waals surface area contributed by atoms with Crippen LogP contribution in [-0.4, -0.2) is 85.2 Å². The molecule has 26 heavy (non-hydrogen) atoms. The topological polar surface area (TPSA) is 102 Å². The Balaban J connectivity index is 0.00000141. The molecule has 0 aliphatic carbocycles. The van der Waals surface area contributed by atoms with E-state index < -0.39 is 21.8 Å². The fourth-order valence-electron chi connectivity index (χ4n) is 2.57. The molecule has 0 saturated carbocycles. The predicted octanol–water partition coefficient (Wildman–Crippen LogP) is 0.865. The van der Waals surface area contributed by atoms with E-state index in [1.54, 1.807) is 9.32 Å². The molecule has 9 nitrogen and oxygen atoms in total. The van der Waals surface area contributed by atoms with Gasteiger partial charge in [-0.3, -0.25) is 4.79 Å². The Labute approximate surface area is 161 Å². The number of amides is 1. The Kier molecular flexibility index (Phi) is 11.5. The van der Waals surface area contributed by atoms with Crippen LogP contribution in [0.25, 0.3) is 0 Å². The number of hydrogen-bond acceptors (Lipinski definition) is 8. The van der Waals surface area contributed by atoms with E-state index in [9.17, 15) is 4.79 Å². The first-order valence-corrected chi connectivity index (χ1v) is 9.61. The van der Waals surface area contributed by atoms with Gasteiger partial charge in [0.2, 0.25) is 5.91 Å². The Morgan fingerprint density at radius 3 is 1.73 bits per heavy atom. The molecule has 1 saturated heterocycles. The van der Waals surface area contributed by atoms with Gasteiger partial charge in [0.15, 0.2) is 0 Å². The number of halogens is 1. The lowest BCUT2D eigenvalue weighted by molar-refractivity contribution is -0.134. The van der Waals surface area contributed by atoms with Crippen LogP contribution < -0.4 is 0 Å². The van der Waals surface area contributed by atoms with Crippen LogP contribution in [0, 0.1) is 0 Å². The number of ether oxygens (including phenoxy) is 3. The molecule has 0 aromatic heterocycles. The highest BCUT2D eigenvalue weighted by Crippen LogP contribution is 2.39. The average Bonchev–Trinajstić information content (AvgIpc) is 2.64. The molecule has 1 fully saturated rings. The van der Waals surface area contributed by atoms with E-state index in [-0.39, 0.29) is 5.91 Å². The van der Waals surface area contributed by atoms with Crippen LogP contribution >= 0.6 is 11.8 Å². The van der Waals surface area contributed by atoms with Crippen LogP contribution in [0.5, 0.6) is 0 Å². The summed E-state index contributed by atoms with van der Waals surface area (Å²) >= 11 is 6.31. The first-order chi connectivity index (χ1) is 12.0. The Morgan fingerprint density at radius 1 is 0.923 bits per heavy atom. The number of carbonyl (C=O) groups is 1. The zero-order chi connectivity index (χ0) is 20.4. The molecule has 0 N–H and O–H groups in total. The molecule has 0 aromatic rings. The van der Waals surface area contributed by atoms with Crippen LogP contribution in [0.15, 0.2) is 0 Å². The van der Waals surface area contributed by atoms with E-state index in [1.807, 2.05) is 34.6 Å². The molecule has 154 valence electrons. The van der Waals surface area contributed by atoms with Crippen LogP contribution in [-0.2, 0) is 29.6 Å². The molecule has 0 atom stereocenters. The lowest BCUT2D eigenvalue weighted by Gasteiger charge is -2.35. The highest BCUT2D eigenvalue weighted by molar-refractivity contribution is 7.59. The first kappa shape index (κ1) is 25.2. The Bertz CT molecular complexity index is 532. The molecule has 1 rings (SSSR count). The Hall–Kier alpha value is -0.780. The largest absolute Gasteiger partial charge is 0.425 e. The zero-order valence-electron chi connectivity index (χ0n) is 16.0. The SMILES string of the molecule is CCOCCOCCOCCN1C(=O)C(C)(C)N(Cl)C1(C)C.O=S(=O)=O. The summed E-state index contributed by atoms with van der Waals surface area (Å²) in [4.78, 5) is 14.2. The molecule has 1 amide bonds. The van der Waals surface area contributed by atoms with Gasteiger partial charge in [-0.25, -0.2) is 0 Å². The van der Waals surface area contributed by atoms with E-state index in [1.165, 1.54) is 0 Å². The zero-order valence-corrected chi connectivity index (χ0v) is 17.6. The maximum Gasteiger partial charge on any atom is 0.425 e. The van der Waals surface area contributed by atoms with E-state index in [0.717, 1.165) is 0 Å². The first-order valence-electron chi connectivity index (χ1n) is 8.27. The highest BCUT2D eigenvalue weighted by atomic mass is 35.5. The van der Waals surface area contributed by atoms with Crippen LogP contribution in [0.4, 0.5) is 0 Å². The number of carbonyl (C=O) groups excluding carboxylic acids is 1. The third kappa shape index (κ3) is 7.85. The van der Waals surface area contributed by atoms with Crippen molar-refractivity contribution in [1.82, 2.24) is 9.32 Å².